The van der Waals surface area contributed by atoms with Gasteiger partial charge in [-0.05, 0) is 59.7 Å². The molecule has 27 heavy (non-hydrogen) atoms. The molecule has 0 aliphatic heterocycles. The van der Waals surface area contributed by atoms with Gasteiger partial charge in [-0.25, -0.2) is 0 Å². The Kier molecular flexibility index (Phi) is 5.76. The highest BCUT2D eigenvalue weighted by atomic mass is 79.9. The van der Waals surface area contributed by atoms with Gasteiger partial charge in [0.05, 0.1) is 0 Å². The Balaban J connectivity index is 1.66. The maximum atomic E-state index is 12.3. The van der Waals surface area contributed by atoms with Crippen molar-refractivity contribution >= 4 is 44.2 Å². The highest BCUT2D eigenvalue weighted by Gasteiger charge is 2.12. The van der Waals surface area contributed by atoms with Gasteiger partial charge in [-0.15, -0.1) is 0 Å². The molecular formula is C21H19BrN2O3. The third-order valence-corrected chi connectivity index (χ3v) is 4.72. The van der Waals surface area contributed by atoms with E-state index in [1.807, 2.05) is 36.4 Å². The number of carbonyl (C=O) groups is 2. The molecule has 0 saturated heterocycles. The molecule has 3 aromatic carbocycles. The number of amides is 2. The number of carbonyl (C=O) groups excluding carboxylic acids is 2. The fourth-order valence-electron chi connectivity index (χ4n) is 2.77. The summed E-state index contributed by atoms with van der Waals surface area (Å²) in [6, 6.07) is 16.8. The van der Waals surface area contributed by atoms with Gasteiger partial charge in [0.1, 0.15) is 5.75 Å². The molecule has 3 aromatic rings. The Morgan fingerprint density at radius 3 is 2.56 bits per heavy atom. The monoisotopic (exact) mass is 426 g/mol. The van der Waals surface area contributed by atoms with Crippen molar-refractivity contribution in [3.8, 4) is 5.75 Å². The van der Waals surface area contributed by atoms with Gasteiger partial charge < -0.3 is 15.4 Å². The number of ether oxygens (including phenoxy) is 1. The molecular weight excluding hydrogens is 408 g/mol. The predicted molar refractivity (Wildman–Crippen MR) is 110 cm³/mol. The molecule has 138 valence electrons. The zero-order chi connectivity index (χ0) is 19.4. The lowest BCUT2D eigenvalue weighted by molar-refractivity contribution is -0.118. The largest absolute Gasteiger partial charge is 0.484 e. The topological polar surface area (TPSA) is 67.4 Å². The summed E-state index contributed by atoms with van der Waals surface area (Å²) in [4.78, 5) is 24.1. The minimum Gasteiger partial charge on any atom is -0.484 e. The van der Waals surface area contributed by atoms with Gasteiger partial charge in [-0.3, -0.25) is 9.59 Å². The summed E-state index contributed by atoms with van der Waals surface area (Å²) >= 11 is 3.45. The van der Waals surface area contributed by atoms with E-state index >= 15 is 0 Å². The van der Waals surface area contributed by atoms with Crippen molar-refractivity contribution in [3.05, 3.63) is 70.2 Å². The Morgan fingerprint density at radius 1 is 1.04 bits per heavy atom. The molecule has 6 heteroatoms. The lowest BCUT2D eigenvalue weighted by Crippen LogP contribution is -2.22. The number of hydrogen-bond acceptors (Lipinski definition) is 3. The molecule has 0 atom stereocenters. The highest BCUT2D eigenvalue weighted by Crippen LogP contribution is 2.24. The summed E-state index contributed by atoms with van der Waals surface area (Å²) in [5, 5.41) is 7.50. The molecule has 2 N–H and O–H groups in total. The Morgan fingerprint density at radius 2 is 1.78 bits per heavy atom. The molecule has 0 aliphatic rings. The maximum Gasteiger partial charge on any atom is 0.262 e. The van der Waals surface area contributed by atoms with Gasteiger partial charge in [0.15, 0.2) is 6.61 Å². The van der Waals surface area contributed by atoms with Gasteiger partial charge in [0, 0.05) is 22.8 Å². The minimum atomic E-state index is -0.289. The first-order valence-electron chi connectivity index (χ1n) is 8.41. The van der Waals surface area contributed by atoms with Crippen LogP contribution in [0.15, 0.2) is 59.1 Å². The van der Waals surface area contributed by atoms with Crippen LogP contribution in [0.3, 0.4) is 0 Å². The minimum absolute atomic E-state index is 0.119. The number of benzene rings is 3. The van der Waals surface area contributed by atoms with E-state index in [1.54, 1.807) is 32.2 Å². The molecule has 0 aliphatic carbocycles. The van der Waals surface area contributed by atoms with E-state index in [0.29, 0.717) is 22.6 Å². The van der Waals surface area contributed by atoms with Crippen molar-refractivity contribution in [2.45, 2.75) is 6.92 Å². The van der Waals surface area contributed by atoms with Crippen LogP contribution >= 0.6 is 15.9 Å². The molecule has 0 fully saturated rings. The van der Waals surface area contributed by atoms with Crippen LogP contribution < -0.4 is 15.4 Å². The molecule has 0 aromatic heterocycles. The predicted octanol–water partition coefficient (Wildman–Crippen LogP) is 4.29. The third kappa shape index (κ3) is 4.46. The zero-order valence-corrected chi connectivity index (χ0v) is 16.6. The van der Waals surface area contributed by atoms with E-state index in [1.165, 1.54) is 0 Å². The van der Waals surface area contributed by atoms with Crippen LogP contribution in [0, 0.1) is 6.92 Å². The molecule has 0 unspecified atom stereocenters. The average Bonchev–Trinajstić information content (AvgIpc) is 2.67. The fraction of sp³-hybridized carbons (Fsp3) is 0.143. The van der Waals surface area contributed by atoms with Crippen LogP contribution in [0.1, 0.15) is 15.9 Å². The van der Waals surface area contributed by atoms with Gasteiger partial charge >= 0.3 is 0 Å². The normalized spacial score (nSPS) is 10.5. The van der Waals surface area contributed by atoms with Crippen molar-refractivity contribution in [1.29, 1.82) is 0 Å². The van der Waals surface area contributed by atoms with Crippen molar-refractivity contribution < 1.29 is 14.3 Å². The Labute approximate surface area is 165 Å². The zero-order valence-electron chi connectivity index (χ0n) is 15.0. The van der Waals surface area contributed by atoms with Gasteiger partial charge in [-0.2, -0.15) is 0 Å². The molecule has 3 rings (SSSR count). The Bertz CT molecular complexity index is 1020. The molecule has 5 nitrogen and oxygen atoms in total. The fourth-order valence-corrected chi connectivity index (χ4v) is 3.15. The molecule has 0 heterocycles. The van der Waals surface area contributed by atoms with E-state index < -0.39 is 0 Å². The van der Waals surface area contributed by atoms with Crippen LogP contribution in [0.2, 0.25) is 0 Å². The van der Waals surface area contributed by atoms with Gasteiger partial charge in [-0.1, -0.05) is 34.1 Å². The standard InChI is InChI=1S/C21H19BrN2O3/c1-13-18(21(26)23-2)4-3-5-19(13)24-20(25)12-27-17-9-7-14-10-16(22)8-6-15(14)11-17/h3-11H,12H2,1-2H3,(H,23,26)(H,24,25). The summed E-state index contributed by atoms with van der Waals surface area (Å²) in [6.45, 7) is 1.67. The second kappa shape index (κ2) is 8.22. The maximum absolute atomic E-state index is 12.3. The van der Waals surface area contributed by atoms with Crippen LogP contribution in [0.25, 0.3) is 10.8 Å². The van der Waals surface area contributed by atoms with Gasteiger partial charge in [0.2, 0.25) is 0 Å². The van der Waals surface area contributed by atoms with Crippen molar-refractivity contribution in [3.63, 3.8) is 0 Å². The highest BCUT2D eigenvalue weighted by molar-refractivity contribution is 9.10. The first-order chi connectivity index (χ1) is 13.0. The number of fused-ring (bicyclic) bond motifs is 1. The SMILES string of the molecule is CNC(=O)c1cccc(NC(=O)COc2ccc3cc(Br)ccc3c2)c1C. The molecule has 0 spiro atoms. The molecule has 0 radical (unpaired) electrons. The summed E-state index contributed by atoms with van der Waals surface area (Å²) in [5.74, 6) is 0.140. The van der Waals surface area contributed by atoms with Crippen LogP contribution in [-0.4, -0.2) is 25.5 Å². The summed E-state index contributed by atoms with van der Waals surface area (Å²) < 4.78 is 6.63. The van der Waals surface area contributed by atoms with Crippen LogP contribution in [0.4, 0.5) is 5.69 Å². The average molecular weight is 427 g/mol. The van der Waals surface area contributed by atoms with E-state index in [-0.39, 0.29) is 18.4 Å². The number of rotatable bonds is 5. The number of hydrogen-bond donors (Lipinski definition) is 2. The quantitative estimate of drug-likeness (QED) is 0.639. The smallest absolute Gasteiger partial charge is 0.262 e. The molecule has 0 saturated carbocycles. The third-order valence-electron chi connectivity index (χ3n) is 4.22. The van der Waals surface area contributed by atoms with E-state index in [2.05, 4.69) is 26.6 Å². The van der Waals surface area contributed by atoms with E-state index in [9.17, 15) is 9.59 Å². The van der Waals surface area contributed by atoms with Gasteiger partial charge in [0.25, 0.3) is 11.8 Å². The summed E-state index contributed by atoms with van der Waals surface area (Å²) in [6.07, 6.45) is 0. The summed E-state index contributed by atoms with van der Waals surface area (Å²) in [5.41, 5.74) is 1.83. The number of anilines is 1. The second-order valence-corrected chi connectivity index (χ2v) is 6.96. The lowest BCUT2D eigenvalue weighted by atomic mass is 10.1. The Hall–Kier alpha value is -2.86. The van der Waals surface area contributed by atoms with Crippen molar-refractivity contribution in [1.82, 2.24) is 5.32 Å². The van der Waals surface area contributed by atoms with E-state index in [4.69, 9.17) is 4.74 Å². The number of halogens is 1. The molecule has 2 amide bonds. The summed E-state index contributed by atoms with van der Waals surface area (Å²) in [7, 11) is 1.57. The van der Waals surface area contributed by atoms with E-state index in [0.717, 1.165) is 15.2 Å². The van der Waals surface area contributed by atoms with Crippen LogP contribution in [-0.2, 0) is 4.79 Å². The first-order valence-corrected chi connectivity index (χ1v) is 9.21. The first kappa shape index (κ1) is 18.9. The molecule has 0 bridgehead atoms. The van der Waals surface area contributed by atoms with Crippen LogP contribution in [0.5, 0.6) is 5.75 Å². The second-order valence-electron chi connectivity index (χ2n) is 6.05. The van der Waals surface area contributed by atoms with Crippen molar-refractivity contribution in [2.75, 3.05) is 19.0 Å². The lowest BCUT2D eigenvalue weighted by Gasteiger charge is -2.12. The van der Waals surface area contributed by atoms with Crippen molar-refractivity contribution in [2.24, 2.45) is 0 Å². The number of nitrogens with one attached hydrogen (secondary N) is 2.